The van der Waals surface area contributed by atoms with Gasteiger partial charge in [0.15, 0.2) is 30.4 Å². The minimum Gasteiger partial charge on any atom is -0.495 e. The number of ether oxygens (including phenoxy) is 10. The van der Waals surface area contributed by atoms with Gasteiger partial charge in [-0.2, -0.15) is 0 Å². The summed E-state index contributed by atoms with van der Waals surface area (Å²) in [7, 11) is 22.0. The maximum absolute atomic E-state index is 11.9. The number of nitro groups is 2. The van der Waals surface area contributed by atoms with E-state index in [0.29, 0.717) is 40.4 Å². The molecule has 10 N–H and O–H groups in total. The molecule has 0 aliphatic carbocycles. The number of fused-ring (bicyclic) bond motifs is 1. The van der Waals surface area contributed by atoms with Gasteiger partial charge in [-0.15, -0.1) is 0 Å². The number of benzene rings is 4. The van der Waals surface area contributed by atoms with Crippen LogP contribution >= 0.6 is 21.4 Å². The first-order valence-corrected chi connectivity index (χ1v) is 29.2. The van der Waals surface area contributed by atoms with Crippen molar-refractivity contribution in [1.82, 2.24) is 25.5 Å². The van der Waals surface area contributed by atoms with Crippen molar-refractivity contribution in [3.05, 3.63) is 157 Å². The second-order valence-corrected chi connectivity index (χ2v) is 19.2. The third-order valence-corrected chi connectivity index (χ3v) is 11.4. The minimum absolute atomic E-state index is 0.0256. The normalized spacial score (nSPS) is 10.0. The Balaban J connectivity index is 0. The van der Waals surface area contributed by atoms with Crippen LogP contribution in [0.1, 0.15) is 51.8 Å². The number of carboxylic acid groups (broad SMARTS) is 1. The van der Waals surface area contributed by atoms with E-state index in [1.165, 1.54) is 94.7 Å². The summed E-state index contributed by atoms with van der Waals surface area (Å²) in [6.07, 6.45) is 3.83. The van der Waals surface area contributed by atoms with Gasteiger partial charge in [0, 0.05) is 125 Å². The minimum atomic E-state index is -1.67. The summed E-state index contributed by atoms with van der Waals surface area (Å²) in [5, 5.41) is 36.5. The van der Waals surface area contributed by atoms with E-state index in [-0.39, 0.29) is 64.8 Å². The lowest BCUT2D eigenvalue weighted by molar-refractivity contribution is -0.385. The number of nitrogens with one attached hydrogen (secondary N) is 3. The van der Waals surface area contributed by atoms with Gasteiger partial charge in [-0.05, 0) is 85.7 Å². The highest BCUT2D eigenvalue weighted by Crippen LogP contribution is 2.29. The van der Waals surface area contributed by atoms with Crippen LogP contribution in [0.15, 0.2) is 114 Å². The number of anilines is 2. The van der Waals surface area contributed by atoms with Crippen molar-refractivity contribution in [3.63, 3.8) is 0 Å². The number of hydrogen-bond acceptors (Lipinski definition) is 24. The van der Waals surface area contributed by atoms with Crippen LogP contribution in [0.25, 0.3) is 10.8 Å². The molecule has 0 saturated carbocycles. The third kappa shape index (κ3) is 33.9. The number of nitrogen functional groups attached to an aromatic ring is 2. The molecule has 2 aromatic heterocycles. The Kier molecular flexibility index (Phi) is 46.1. The number of nitrogens with zero attached hydrogens (tertiary/aromatic N) is 4. The quantitative estimate of drug-likeness (QED) is 0.0111. The fraction of sp³-hybridized carbons (Fsp3) is 0.386. The fourth-order valence-electron chi connectivity index (χ4n) is 6.55. The molecule has 0 atom stereocenters. The number of nitro benzene ring substituents is 2. The molecule has 0 aliphatic rings. The average molecular weight is 1330 g/mol. The molecule has 500 valence electrons. The first-order valence-electron chi connectivity index (χ1n) is 26.4. The van der Waals surface area contributed by atoms with Gasteiger partial charge in [0.25, 0.3) is 17.4 Å². The Bertz CT molecular complexity index is 3050. The van der Waals surface area contributed by atoms with Crippen LogP contribution < -0.4 is 52.3 Å². The molecule has 6 aromatic rings. The molecule has 0 fully saturated rings. The molecule has 2 heterocycles. The number of rotatable bonds is 23. The predicted molar refractivity (Wildman–Crippen MR) is 344 cm³/mol. The number of pyridine rings is 2. The molecule has 0 saturated heterocycles. The van der Waals surface area contributed by atoms with Crippen molar-refractivity contribution in [2.24, 2.45) is 5.73 Å². The van der Waals surface area contributed by atoms with Gasteiger partial charge in [0.2, 0.25) is 9.23 Å². The number of hydrogen-bond donors (Lipinski definition) is 7. The SMILES string of the molecule is CCN(CC)CC.COC(CN)OC.COc1cc(C(=O)NCC(OC)OC)ccc1N.COc1cc(C(=O)NCC(OC)OC)ccc1[N+](=O)[O-].COc1cc(C(=O)O)ccc1[N+](=O)[O-].COc1cc2c(=O)[nH]ccc2cc1N.O=S(Cl)Cl.c1ccncc1. The van der Waals surface area contributed by atoms with Crippen LogP contribution in [0, 0.1) is 20.2 Å². The smallest absolute Gasteiger partial charge is 0.335 e. The summed E-state index contributed by atoms with van der Waals surface area (Å²) in [5.41, 5.74) is 17.6. The molecule has 33 heteroatoms. The Hall–Kier alpha value is -8.34. The van der Waals surface area contributed by atoms with Gasteiger partial charge in [0.1, 0.15) is 11.5 Å². The molecule has 4 aromatic carbocycles. The molecule has 0 aliphatic heterocycles. The van der Waals surface area contributed by atoms with Gasteiger partial charge in [-0.1, -0.05) is 26.8 Å². The molecular formula is C57H82Cl2N10O20S. The maximum Gasteiger partial charge on any atom is 0.335 e. The summed E-state index contributed by atoms with van der Waals surface area (Å²) in [6, 6.07) is 23.0. The van der Waals surface area contributed by atoms with E-state index in [2.05, 4.69) is 67.6 Å². The van der Waals surface area contributed by atoms with E-state index in [1.54, 1.807) is 69.2 Å². The van der Waals surface area contributed by atoms with E-state index in [4.69, 9.17) is 73.9 Å². The molecule has 0 unspecified atom stereocenters. The zero-order valence-corrected chi connectivity index (χ0v) is 54.6. The highest BCUT2D eigenvalue weighted by molar-refractivity contribution is 8.26. The molecule has 90 heavy (non-hydrogen) atoms. The number of carbonyl (C=O) groups is 3. The number of amides is 2. The van der Waals surface area contributed by atoms with Crippen LogP contribution in [0.5, 0.6) is 23.0 Å². The standard InChI is InChI=1S/C12H16N2O6.C12H18N2O4.C10H10N2O2.C8H7NO5.C6H15N.C5H5N.C4H11NO2.Cl2OS/c1-18-10-6-8(4-5-9(10)14(16)17)12(15)13-7-11(19-2)20-3;1-16-10-6-8(4-5-9(10)13)12(15)14-7-11(17-2)18-3;1-14-9-5-7-6(4-8(9)11)2-3-12-10(7)13;1-14-7-4-5(8(10)11)2-3-6(7)9(12)13;1-4-7(5-2)6-3;1-2-4-6-5-3-1;1-6-4(3-5)7-2;1-4(2)3/h4-6,11H,7H2,1-3H3,(H,13,15);4-6,11H,7,13H2,1-3H3,(H,14,15);2-5H,11H2,1H3,(H,12,13);2-4H,1H3,(H,10,11);4-6H2,1-3H3;1-5H;4H,3,5H2,1-2H3;. The topological polar surface area (TPSA) is 418 Å². The van der Waals surface area contributed by atoms with Gasteiger partial charge in [0.05, 0.1) is 73.7 Å². The van der Waals surface area contributed by atoms with E-state index in [0.717, 1.165) is 23.6 Å². The zero-order valence-electron chi connectivity index (χ0n) is 52.3. The van der Waals surface area contributed by atoms with Crippen molar-refractivity contribution in [1.29, 1.82) is 0 Å². The van der Waals surface area contributed by atoms with Crippen LogP contribution in [0.3, 0.4) is 0 Å². The van der Waals surface area contributed by atoms with Crippen LogP contribution in [-0.4, -0.2) is 181 Å². The Morgan fingerprint density at radius 2 is 1.00 bits per heavy atom. The Morgan fingerprint density at radius 3 is 1.32 bits per heavy atom. The Morgan fingerprint density at radius 1 is 0.611 bits per heavy atom. The van der Waals surface area contributed by atoms with Crippen molar-refractivity contribution < 1.29 is 80.9 Å². The van der Waals surface area contributed by atoms with Gasteiger partial charge in [-0.25, -0.2) is 9.00 Å². The molecule has 2 amide bonds. The number of carbonyl (C=O) groups excluding carboxylic acids is 2. The highest BCUT2D eigenvalue weighted by Gasteiger charge is 2.19. The lowest BCUT2D eigenvalue weighted by Gasteiger charge is -2.14. The second kappa shape index (κ2) is 49.5. The maximum atomic E-state index is 11.9. The summed E-state index contributed by atoms with van der Waals surface area (Å²) >= 11 is 0. The summed E-state index contributed by atoms with van der Waals surface area (Å²) in [6.45, 7) is 11.0. The monoisotopic (exact) mass is 1330 g/mol. The number of H-pyrrole nitrogens is 1. The number of aromatic amines is 1. The number of nitrogens with two attached hydrogens (primary N) is 3. The van der Waals surface area contributed by atoms with Crippen molar-refractivity contribution >= 4 is 81.9 Å². The van der Waals surface area contributed by atoms with Gasteiger partial charge < -0.3 is 90.2 Å². The summed E-state index contributed by atoms with van der Waals surface area (Å²) in [4.78, 5) is 74.4. The molecule has 0 spiro atoms. The average Bonchev–Trinajstić information content (AvgIpc) is 0.963. The van der Waals surface area contributed by atoms with Crippen LogP contribution in [-0.2, 0) is 37.6 Å². The number of methoxy groups -OCH3 is 10. The van der Waals surface area contributed by atoms with Crippen LogP contribution in [0.4, 0.5) is 22.7 Å². The number of carboxylic acids is 1. The van der Waals surface area contributed by atoms with E-state index >= 15 is 0 Å². The molecule has 30 nitrogen and oxygen atoms in total. The molecular weight excluding hydrogens is 1250 g/mol. The van der Waals surface area contributed by atoms with Gasteiger partial charge in [-0.3, -0.25) is 39.6 Å². The summed E-state index contributed by atoms with van der Waals surface area (Å²) in [5.74, 6) is -0.845. The predicted octanol–water partition coefficient (Wildman–Crippen LogP) is 7.04. The number of aromatic nitrogens is 2. The van der Waals surface area contributed by atoms with Crippen LogP contribution in [0.2, 0.25) is 0 Å². The number of aromatic carboxylic acids is 1. The Labute approximate surface area is 533 Å². The summed E-state index contributed by atoms with van der Waals surface area (Å²) < 4.78 is 58.0. The third-order valence-electron chi connectivity index (χ3n) is 11.4. The van der Waals surface area contributed by atoms with Crippen molar-refractivity contribution in [2.75, 3.05) is 122 Å². The lowest BCUT2D eigenvalue weighted by atomic mass is 10.1. The zero-order chi connectivity index (χ0) is 68.7. The molecule has 0 radical (unpaired) electrons. The van der Waals surface area contributed by atoms with Crippen molar-refractivity contribution in [3.8, 4) is 23.0 Å². The van der Waals surface area contributed by atoms with Gasteiger partial charge >= 0.3 is 17.3 Å². The molecule has 6 rings (SSSR count). The van der Waals surface area contributed by atoms with E-state index < -0.39 is 43.5 Å². The highest BCUT2D eigenvalue weighted by atomic mass is 36.0. The lowest BCUT2D eigenvalue weighted by Crippen LogP contribution is -2.34. The first-order chi connectivity index (χ1) is 42.8. The fourth-order valence-corrected chi connectivity index (χ4v) is 6.55. The van der Waals surface area contributed by atoms with Crippen molar-refractivity contribution in [2.45, 2.75) is 39.6 Å². The first kappa shape index (κ1) is 83.7. The molecule has 0 bridgehead atoms. The van der Waals surface area contributed by atoms with E-state index in [1.807, 2.05) is 18.2 Å². The number of halogens is 2. The largest absolute Gasteiger partial charge is 0.495 e. The van der Waals surface area contributed by atoms with E-state index in [9.17, 15) is 39.4 Å². The second-order valence-electron chi connectivity index (χ2n) is 16.7.